The summed E-state index contributed by atoms with van der Waals surface area (Å²) in [5, 5.41) is 3.18. The van der Waals surface area contributed by atoms with Gasteiger partial charge in [-0.25, -0.2) is 0 Å². The summed E-state index contributed by atoms with van der Waals surface area (Å²) in [5.41, 5.74) is 1.45. The third kappa shape index (κ3) is 3.76. The Labute approximate surface area is 161 Å². The van der Waals surface area contributed by atoms with Crippen molar-refractivity contribution in [3.63, 3.8) is 0 Å². The third-order valence-corrected chi connectivity index (χ3v) is 4.61. The quantitative estimate of drug-likeness (QED) is 0.498. The number of carbonyl (C=O) groups excluding carboxylic acids is 2. The molecule has 0 radical (unpaired) electrons. The predicted molar refractivity (Wildman–Crippen MR) is 104 cm³/mol. The van der Waals surface area contributed by atoms with Crippen LogP contribution in [-0.2, 0) is 16.2 Å². The standard InChI is InChI=1S/C19H15ClN2O3S/c1-22-18(24)14(17(23)21-19(22)26)10-12-6-3-5-9-16(12)25-11-13-7-2-4-8-15(13)20/h2-10H,11H2,1H3,(H,21,23,26)/b14-10+. The summed E-state index contributed by atoms with van der Waals surface area (Å²) >= 11 is 11.1. The number of hydrogen-bond acceptors (Lipinski definition) is 4. The number of rotatable bonds is 4. The summed E-state index contributed by atoms with van der Waals surface area (Å²) in [7, 11) is 1.51. The molecular formula is C19H15ClN2O3S. The molecule has 5 nitrogen and oxygen atoms in total. The molecule has 1 fully saturated rings. The molecule has 0 atom stereocenters. The zero-order chi connectivity index (χ0) is 18.7. The van der Waals surface area contributed by atoms with E-state index in [2.05, 4.69) is 5.32 Å². The molecule has 1 N–H and O–H groups in total. The van der Waals surface area contributed by atoms with E-state index in [1.807, 2.05) is 24.3 Å². The van der Waals surface area contributed by atoms with Crippen LogP contribution in [0.3, 0.4) is 0 Å². The predicted octanol–water partition coefficient (Wildman–Crippen LogP) is 3.18. The first-order valence-corrected chi connectivity index (χ1v) is 8.56. The monoisotopic (exact) mass is 386 g/mol. The number of carbonyl (C=O) groups is 2. The van der Waals surface area contributed by atoms with E-state index in [4.69, 9.17) is 28.6 Å². The van der Waals surface area contributed by atoms with Gasteiger partial charge in [-0.2, -0.15) is 0 Å². The molecule has 0 aliphatic carbocycles. The smallest absolute Gasteiger partial charge is 0.265 e. The SMILES string of the molecule is CN1C(=O)/C(=C/c2ccccc2OCc2ccccc2Cl)C(=O)NC1=S. The highest BCUT2D eigenvalue weighted by Crippen LogP contribution is 2.25. The maximum absolute atomic E-state index is 12.3. The summed E-state index contributed by atoms with van der Waals surface area (Å²) in [5.74, 6) is -0.449. The molecule has 1 saturated heterocycles. The minimum atomic E-state index is -0.529. The van der Waals surface area contributed by atoms with Crippen molar-refractivity contribution in [2.24, 2.45) is 0 Å². The van der Waals surface area contributed by atoms with Gasteiger partial charge in [-0.15, -0.1) is 0 Å². The minimum absolute atomic E-state index is 0.00473. The Kier molecular flexibility index (Phi) is 5.35. The zero-order valence-electron chi connectivity index (χ0n) is 13.9. The second kappa shape index (κ2) is 7.68. The highest BCUT2D eigenvalue weighted by Gasteiger charge is 2.30. The summed E-state index contributed by atoms with van der Waals surface area (Å²) in [6, 6.07) is 14.5. The Morgan fingerprint density at radius 3 is 2.62 bits per heavy atom. The molecule has 0 spiro atoms. The lowest BCUT2D eigenvalue weighted by Gasteiger charge is -2.25. The molecule has 2 aromatic carbocycles. The van der Waals surface area contributed by atoms with Gasteiger partial charge in [-0.1, -0.05) is 48.0 Å². The molecule has 0 saturated carbocycles. The van der Waals surface area contributed by atoms with Crippen LogP contribution in [0.1, 0.15) is 11.1 Å². The molecule has 3 rings (SSSR count). The molecule has 0 unspecified atom stereocenters. The van der Waals surface area contributed by atoms with Gasteiger partial charge in [0.25, 0.3) is 11.8 Å². The molecule has 132 valence electrons. The highest BCUT2D eigenvalue weighted by atomic mass is 35.5. The average Bonchev–Trinajstić information content (AvgIpc) is 2.63. The van der Waals surface area contributed by atoms with Crippen molar-refractivity contribution < 1.29 is 14.3 Å². The van der Waals surface area contributed by atoms with Crippen LogP contribution in [0.15, 0.2) is 54.1 Å². The molecule has 0 aromatic heterocycles. The second-order valence-electron chi connectivity index (χ2n) is 5.60. The molecule has 7 heteroatoms. The number of ether oxygens (including phenoxy) is 1. The number of halogens is 1. The first kappa shape index (κ1) is 18.1. The van der Waals surface area contributed by atoms with Crippen LogP contribution in [0.25, 0.3) is 6.08 Å². The van der Waals surface area contributed by atoms with Crippen LogP contribution < -0.4 is 10.1 Å². The van der Waals surface area contributed by atoms with Gasteiger partial charge in [0.2, 0.25) is 0 Å². The first-order chi connectivity index (χ1) is 12.5. The molecule has 2 aromatic rings. The molecular weight excluding hydrogens is 372 g/mol. The number of benzene rings is 2. The maximum atomic E-state index is 12.3. The Morgan fingerprint density at radius 1 is 1.15 bits per heavy atom. The number of hydrogen-bond donors (Lipinski definition) is 1. The zero-order valence-corrected chi connectivity index (χ0v) is 15.4. The van der Waals surface area contributed by atoms with Crippen LogP contribution in [0.4, 0.5) is 0 Å². The highest BCUT2D eigenvalue weighted by molar-refractivity contribution is 7.80. The van der Waals surface area contributed by atoms with E-state index in [1.165, 1.54) is 18.0 Å². The normalized spacial score (nSPS) is 16.0. The Balaban J connectivity index is 1.87. The van der Waals surface area contributed by atoms with E-state index in [0.717, 1.165) is 5.56 Å². The lowest BCUT2D eigenvalue weighted by Crippen LogP contribution is -2.52. The topological polar surface area (TPSA) is 58.6 Å². The van der Waals surface area contributed by atoms with Crippen molar-refractivity contribution >= 4 is 46.8 Å². The summed E-state index contributed by atoms with van der Waals surface area (Å²) in [6.45, 7) is 0.268. The lowest BCUT2D eigenvalue weighted by atomic mass is 10.1. The van der Waals surface area contributed by atoms with Crippen LogP contribution >= 0.6 is 23.8 Å². The summed E-state index contributed by atoms with van der Waals surface area (Å²) in [4.78, 5) is 25.7. The maximum Gasteiger partial charge on any atom is 0.265 e. The van der Waals surface area contributed by atoms with Crippen molar-refractivity contribution in [1.29, 1.82) is 0 Å². The van der Waals surface area contributed by atoms with Crippen molar-refractivity contribution in [3.05, 3.63) is 70.3 Å². The Bertz CT molecular complexity index is 927. The average molecular weight is 387 g/mol. The molecule has 2 amide bonds. The fourth-order valence-electron chi connectivity index (χ4n) is 2.40. The van der Waals surface area contributed by atoms with E-state index < -0.39 is 11.8 Å². The first-order valence-electron chi connectivity index (χ1n) is 7.77. The van der Waals surface area contributed by atoms with Gasteiger partial charge in [0, 0.05) is 23.2 Å². The summed E-state index contributed by atoms with van der Waals surface area (Å²) < 4.78 is 5.85. The van der Waals surface area contributed by atoms with Crippen molar-refractivity contribution in [2.75, 3.05) is 7.05 Å². The summed E-state index contributed by atoms with van der Waals surface area (Å²) in [6.07, 6.45) is 1.50. The minimum Gasteiger partial charge on any atom is -0.488 e. The van der Waals surface area contributed by atoms with Gasteiger partial charge in [-0.05, 0) is 30.4 Å². The van der Waals surface area contributed by atoms with Gasteiger partial charge in [0.15, 0.2) is 5.11 Å². The van der Waals surface area contributed by atoms with Crippen LogP contribution in [0.5, 0.6) is 5.75 Å². The Hall–Kier alpha value is -2.70. The second-order valence-corrected chi connectivity index (χ2v) is 6.39. The van der Waals surface area contributed by atoms with Crippen molar-refractivity contribution in [2.45, 2.75) is 6.61 Å². The molecule has 1 aliphatic rings. The fourth-order valence-corrected chi connectivity index (χ4v) is 2.77. The van der Waals surface area contributed by atoms with Crippen molar-refractivity contribution in [3.8, 4) is 5.75 Å². The fraction of sp³-hybridized carbons (Fsp3) is 0.105. The van der Waals surface area contributed by atoms with Gasteiger partial charge in [0.1, 0.15) is 17.9 Å². The van der Waals surface area contributed by atoms with E-state index in [1.54, 1.807) is 24.3 Å². The van der Waals surface area contributed by atoms with Crippen LogP contribution in [0, 0.1) is 0 Å². The lowest BCUT2D eigenvalue weighted by molar-refractivity contribution is -0.128. The van der Waals surface area contributed by atoms with Gasteiger partial charge in [-0.3, -0.25) is 19.8 Å². The van der Waals surface area contributed by atoms with Gasteiger partial charge < -0.3 is 4.74 Å². The van der Waals surface area contributed by atoms with Gasteiger partial charge in [0.05, 0.1) is 0 Å². The number of nitrogens with zero attached hydrogens (tertiary/aromatic N) is 1. The van der Waals surface area contributed by atoms with Crippen LogP contribution in [-0.4, -0.2) is 28.9 Å². The van der Waals surface area contributed by atoms with E-state index in [9.17, 15) is 9.59 Å². The molecule has 26 heavy (non-hydrogen) atoms. The number of thiocarbonyl (C=S) groups is 1. The molecule has 0 bridgehead atoms. The molecule has 1 heterocycles. The number of likely N-dealkylation sites (N-methyl/N-ethyl adjacent to an activating group) is 1. The Morgan fingerprint density at radius 2 is 1.85 bits per heavy atom. The van der Waals surface area contributed by atoms with E-state index in [-0.39, 0.29) is 17.3 Å². The molecule has 1 aliphatic heterocycles. The van der Waals surface area contributed by atoms with Gasteiger partial charge >= 0.3 is 0 Å². The van der Waals surface area contributed by atoms with Crippen LogP contribution in [0.2, 0.25) is 5.02 Å². The number of amides is 2. The largest absolute Gasteiger partial charge is 0.488 e. The van der Waals surface area contributed by atoms with Crippen molar-refractivity contribution in [1.82, 2.24) is 10.2 Å². The third-order valence-electron chi connectivity index (χ3n) is 3.86. The van der Waals surface area contributed by atoms with E-state index >= 15 is 0 Å². The van der Waals surface area contributed by atoms with E-state index in [0.29, 0.717) is 16.3 Å². The number of para-hydroxylation sites is 1. The number of nitrogens with one attached hydrogen (secondary N) is 1.